The molecule has 0 aliphatic carbocycles. The Morgan fingerprint density at radius 3 is 2.96 bits per heavy atom. The Hall–Kier alpha value is -1.52. The average molecular weight is 359 g/mol. The fourth-order valence-corrected chi connectivity index (χ4v) is 4.42. The number of fused-ring (bicyclic) bond motifs is 1. The Morgan fingerprint density at radius 2 is 2.12 bits per heavy atom. The van der Waals surface area contributed by atoms with E-state index in [0.717, 1.165) is 35.8 Å². The molecule has 2 aromatic rings. The lowest BCUT2D eigenvalue weighted by Crippen LogP contribution is -2.31. The third-order valence-electron chi connectivity index (χ3n) is 5.64. The molecule has 1 saturated heterocycles. The molecule has 1 aromatic heterocycles. The van der Waals surface area contributed by atoms with Crippen LogP contribution in [0.5, 0.6) is 0 Å². The van der Waals surface area contributed by atoms with Crippen LogP contribution < -0.4 is 5.32 Å². The van der Waals surface area contributed by atoms with E-state index >= 15 is 0 Å². The summed E-state index contributed by atoms with van der Waals surface area (Å²) in [6.45, 7) is 5.40. The lowest BCUT2D eigenvalue weighted by atomic mass is 9.91. The number of aromatic nitrogens is 2. The molecule has 1 fully saturated rings. The number of anilines is 1. The van der Waals surface area contributed by atoms with Crippen molar-refractivity contribution in [3.05, 3.63) is 40.0 Å². The molecule has 1 aromatic carbocycles. The highest BCUT2D eigenvalue weighted by Gasteiger charge is 2.28. The molecule has 0 radical (unpaired) electrons. The molecule has 0 saturated carbocycles. The first kappa shape index (κ1) is 16.9. The van der Waals surface area contributed by atoms with Gasteiger partial charge in [0, 0.05) is 29.6 Å². The van der Waals surface area contributed by atoms with Crippen molar-refractivity contribution in [3.8, 4) is 5.69 Å². The third kappa shape index (κ3) is 3.18. The smallest absolute Gasteiger partial charge is 0.133 e. The van der Waals surface area contributed by atoms with Crippen LogP contribution in [0.25, 0.3) is 5.69 Å². The molecule has 1 N–H and O–H groups in total. The van der Waals surface area contributed by atoms with Crippen LogP contribution in [0.4, 0.5) is 5.82 Å². The molecule has 2 aliphatic heterocycles. The first-order valence-corrected chi connectivity index (χ1v) is 9.82. The topological polar surface area (TPSA) is 33.1 Å². The number of nitrogens with one attached hydrogen (secondary N) is 1. The van der Waals surface area contributed by atoms with Gasteiger partial charge >= 0.3 is 0 Å². The van der Waals surface area contributed by atoms with Crippen LogP contribution in [0.15, 0.2) is 18.2 Å². The van der Waals surface area contributed by atoms with Crippen LogP contribution in [0.1, 0.15) is 48.4 Å². The summed E-state index contributed by atoms with van der Waals surface area (Å²) in [5.41, 5.74) is 4.91. The van der Waals surface area contributed by atoms with Gasteiger partial charge in [-0.15, -0.1) is 0 Å². The van der Waals surface area contributed by atoms with Gasteiger partial charge < -0.3 is 10.2 Å². The second-order valence-corrected chi connectivity index (χ2v) is 7.90. The highest BCUT2D eigenvalue weighted by molar-refractivity contribution is 6.31. The summed E-state index contributed by atoms with van der Waals surface area (Å²) in [6.07, 6.45) is 6.06. The molecular weight excluding hydrogens is 332 g/mol. The quantitative estimate of drug-likeness (QED) is 0.864. The van der Waals surface area contributed by atoms with Crippen LogP contribution >= 0.6 is 11.6 Å². The lowest BCUT2D eigenvalue weighted by molar-refractivity contribution is 0.247. The normalized spacial score (nSPS) is 21.5. The Balaban J connectivity index is 1.83. The number of rotatable bonds is 2. The maximum atomic E-state index is 6.39. The van der Waals surface area contributed by atoms with Gasteiger partial charge in [0.25, 0.3) is 0 Å². The minimum absolute atomic E-state index is 0.535. The Morgan fingerprint density at radius 1 is 1.24 bits per heavy atom. The number of likely N-dealkylation sites (tertiary alicyclic amines) is 1. The van der Waals surface area contributed by atoms with Crippen molar-refractivity contribution in [2.45, 2.75) is 44.9 Å². The monoisotopic (exact) mass is 358 g/mol. The fraction of sp³-hybridized carbons (Fsp3) is 0.550. The van der Waals surface area contributed by atoms with Gasteiger partial charge in [0.1, 0.15) is 5.82 Å². The standard InChI is InChI=1S/C20H27ClN4/c1-14-17(21)9-5-10-18(14)25-20-16(8-3-4-11-22-20)19(23-25)15-7-6-12-24(2)13-15/h5,9-10,15,22H,3-4,6-8,11-13H2,1-2H3. The number of benzene rings is 1. The summed E-state index contributed by atoms with van der Waals surface area (Å²) in [7, 11) is 2.22. The summed E-state index contributed by atoms with van der Waals surface area (Å²) in [4.78, 5) is 2.44. The van der Waals surface area contributed by atoms with Crippen molar-refractivity contribution in [2.24, 2.45) is 0 Å². The average Bonchev–Trinajstić information content (AvgIpc) is 2.79. The van der Waals surface area contributed by atoms with Gasteiger partial charge in [-0.3, -0.25) is 0 Å². The number of halogens is 1. The molecule has 3 heterocycles. The Kier molecular flexibility index (Phi) is 4.74. The maximum absolute atomic E-state index is 6.39. The van der Waals surface area contributed by atoms with Crippen molar-refractivity contribution < 1.29 is 0 Å². The SMILES string of the molecule is Cc1c(Cl)cccc1-n1nc(C2CCCN(C)C2)c2c1NCCCC2. The summed E-state index contributed by atoms with van der Waals surface area (Å²) >= 11 is 6.39. The maximum Gasteiger partial charge on any atom is 0.133 e. The van der Waals surface area contributed by atoms with Crippen LogP contribution in [0.3, 0.4) is 0 Å². The molecule has 0 bridgehead atoms. The molecule has 4 nitrogen and oxygen atoms in total. The van der Waals surface area contributed by atoms with Crippen molar-refractivity contribution >= 4 is 17.4 Å². The predicted octanol–water partition coefficient (Wildman–Crippen LogP) is 4.39. The van der Waals surface area contributed by atoms with Gasteiger partial charge in [0.2, 0.25) is 0 Å². The summed E-state index contributed by atoms with van der Waals surface area (Å²) in [6, 6.07) is 6.09. The summed E-state index contributed by atoms with van der Waals surface area (Å²) < 4.78 is 2.12. The van der Waals surface area contributed by atoms with Gasteiger partial charge in [-0.2, -0.15) is 5.10 Å². The molecule has 2 aliphatic rings. The lowest BCUT2D eigenvalue weighted by Gasteiger charge is -2.29. The number of piperidine rings is 1. The van der Waals surface area contributed by atoms with Gasteiger partial charge in [-0.1, -0.05) is 17.7 Å². The molecule has 25 heavy (non-hydrogen) atoms. The molecular formula is C20H27ClN4. The molecule has 0 amide bonds. The number of likely N-dealkylation sites (N-methyl/N-ethyl adjacent to an activating group) is 1. The minimum atomic E-state index is 0.535. The summed E-state index contributed by atoms with van der Waals surface area (Å²) in [5.74, 6) is 1.72. The fourth-order valence-electron chi connectivity index (χ4n) is 4.25. The molecule has 1 unspecified atom stereocenters. The largest absolute Gasteiger partial charge is 0.370 e. The van der Waals surface area contributed by atoms with E-state index in [1.165, 1.54) is 49.3 Å². The zero-order valence-electron chi connectivity index (χ0n) is 15.2. The van der Waals surface area contributed by atoms with Crippen molar-refractivity contribution in [2.75, 3.05) is 32.0 Å². The van der Waals surface area contributed by atoms with Crippen LogP contribution in [0, 0.1) is 6.92 Å². The van der Waals surface area contributed by atoms with Gasteiger partial charge in [0.15, 0.2) is 0 Å². The molecule has 0 spiro atoms. The number of hydrogen-bond acceptors (Lipinski definition) is 3. The van der Waals surface area contributed by atoms with Crippen LogP contribution in [-0.4, -0.2) is 41.4 Å². The zero-order chi connectivity index (χ0) is 17.4. The van der Waals surface area contributed by atoms with Crippen LogP contribution in [-0.2, 0) is 6.42 Å². The molecule has 4 rings (SSSR count). The molecule has 5 heteroatoms. The summed E-state index contributed by atoms with van der Waals surface area (Å²) in [5, 5.41) is 9.59. The van der Waals surface area contributed by atoms with Crippen molar-refractivity contribution in [1.29, 1.82) is 0 Å². The zero-order valence-corrected chi connectivity index (χ0v) is 15.9. The first-order valence-electron chi connectivity index (χ1n) is 9.45. The van der Waals surface area contributed by atoms with E-state index in [9.17, 15) is 0 Å². The van der Waals surface area contributed by atoms with Crippen molar-refractivity contribution in [1.82, 2.24) is 14.7 Å². The highest BCUT2D eigenvalue weighted by atomic mass is 35.5. The predicted molar refractivity (Wildman–Crippen MR) is 104 cm³/mol. The number of hydrogen-bond donors (Lipinski definition) is 1. The van der Waals surface area contributed by atoms with E-state index < -0.39 is 0 Å². The van der Waals surface area contributed by atoms with Gasteiger partial charge in [-0.05, 0) is 70.3 Å². The van der Waals surface area contributed by atoms with Crippen molar-refractivity contribution in [3.63, 3.8) is 0 Å². The Labute approximate surface area is 155 Å². The van der Waals surface area contributed by atoms with E-state index in [0.29, 0.717) is 5.92 Å². The van der Waals surface area contributed by atoms with E-state index in [4.69, 9.17) is 16.7 Å². The van der Waals surface area contributed by atoms with Crippen LogP contribution in [0.2, 0.25) is 5.02 Å². The van der Waals surface area contributed by atoms with E-state index in [2.05, 4.69) is 34.9 Å². The highest BCUT2D eigenvalue weighted by Crippen LogP contribution is 2.36. The van der Waals surface area contributed by atoms with E-state index in [-0.39, 0.29) is 0 Å². The molecule has 134 valence electrons. The first-order chi connectivity index (χ1) is 12.1. The van der Waals surface area contributed by atoms with Gasteiger partial charge in [0.05, 0.1) is 11.4 Å². The van der Waals surface area contributed by atoms with E-state index in [1.807, 2.05) is 12.1 Å². The number of nitrogens with zero attached hydrogens (tertiary/aromatic N) is 3. The van der Waals surface area contributed by atoms with Gasteiger partial charge in [-0.25, -0.2) is 4.68 Å². The molecule has 1 atom stereocenters. The minimum Gasteiger partial charge on any atom is -0.370 e. The Bertz CT molecular complexity index is 767. The van der Waals surface area contributed by atoms with E-state index in [1.54, 1.807) is 0 Å². The second kappa shape index (κ2) is 7.00. The second-order valence-electron chi connectivity index (χ2n) is 7.49. The third-order valence-corrected chi connectivity index (χ3v) is 6.05.